The maximum Gasteiger partial charge on any atom is 0.328 e. The molecule has 17 heavy (non-hydrogen) atoms. The highest BCUT2D eigenvalue weighted by molar-refractivity contribution is 5.81. The standard InChI is InChI=1S/C12H19N3O2/c1-8(2)9-6-10(14-7-13-9)15(5)12(3,4)11(16)17/h6-8H,1-5H3,(H,16,17). The van der Waals surface area contributed by atoms with Crippen molar-refractivity contribution in [3.05, 3.63) is 18.1 Å². The molecule has 1 heterocycles. The lowest BCUT2D eigenvalue weighted by atomic mass is 10.0. The number of anilines is 1. The third-order valence-corrected chi connectivity index (χ3v) is 2.97. The lowest BCUT2D eigenvalue weighted by Gasteiger charge is -2.32. The number of aromatic nitrogens is 2. The first-order valence-corrected chi connectivity index (χ1v) is 5.56. The van der Waals surface area contributed by atoms with E-state index in [0.29, 0.717) is 5.82 Å². The Hall–Kier alpha value is -1.65. The molecule has 1 aromatic heterocycles. The van der Waals surface area contributed by atoms with Gasteiger partial charge in [0, 0.05) is 18.8 Å². The SMILES string of the molecule is CC(C)c1cc(N(C)C(C)(C)C(=O)O)ncn1. The van der Waals surface area contributed by atoms with Crippen molar-refractivity contribution in [2.45, 2.75) is 39.2 Å². The van der Waals surface area contributed by atoms with Gasteiger partial charge >= 0.3 is 5.97 Å². The van der Waals surface area contributed by atoms with Gasteiger partial charge in [0.25, 0.3) is 0 Å². The molecule has 1 rings (SSSR count). The number of hydrogen-bond donors (Lipinski definition) is 1. The van der Waals surface area contributed by atoms with Crippen molar-refractivity contribution in [3.8, 4) is 0 Å². The van der Waals surface area contributed by atoms with Gasteiger partial charge in [0.2, 0.25) is 0 Å². The molecule has 0 saturated carbocycles. The summed E-state index contributed by atoms with van der Waals surface area (Å²) in [7, 11) is 1.72. The summed E-state index contributed by atoms with van der Waals surface area (Å²) in [5.74, 6) is 0.0268. The summed E-state index contributed by atoms with van der Waals surface area (Å²) in [5, 5.41) is 9.17. The number of hydrogen-bond acceptors (Lipinski definition) is 4. The highest BCUT2D eigenvalue weighted by Gasteiger charge is 2.33. The number of aliphatic carboxylic acids is 1. The summed E-state index contributed by atoms with van der Waals surface area (Å²) >= 11 is 0. The minimum Gasteiger partial charge on any atom is -0.480 e. The fourth-order valence-electron chi connectivity index (χ4n) is 1.29. The van der Waals surface area contributed by atoms with E-state index < -0.39 is 11.5 Å². The topological polar surface area (TPSA) is 66.3 Å². The Morgan fingerprint density at radius 3 is 2.47 bits per heavy atom. The van der Waals surface area contributed by atoms with Crippen LogP contribution in [0, 0.1) is 0 Å². The molecular formula is C12H19N3O2. The maximum atomic E-state index is 11.2. The molecule has 1 aromatic rings. The van der Waals surface area contributed by atoms with Crippen LogP contribution in [-0.4, -0.2) is 33.6 Å². The number of carboxylic acid groups (broad SMARTS) is 1. The quantitative estimate of drug-likeness (QED) is 0.866. The Labute approximate surface area is 102 Å². The van der Waals surface area contributed by atoms with Crippen molar-refractivity contribution in [3.63, 3.8) is 0 Å². The van der Waals surface area contributed by atoms with Gasteiger partial charge in [-0.05, 0) is 19.8 Å². The van der Waals surface area contributed by atoms with Crippen LogP contribution in [0.3, 0.4) is 0 Å². The van der Waals surface area contributed by atoms with Gasteiger partial charge in [0.1, 0.15) is 17.7 Å². The normalized spacial score (nSPS) is 11.6. The second kappa shape index (κ2) is 4.69. The van der Waals surface area contributed by atoms with Crippen LogP contribution in [-0.2, 0) is 4.79 Å². The van der Waals surface area contributed by atoms with E-state index in [0.717, 1.165) is 5.69 Å². The second-order valence-corrected chi connectivity index (χ2v) is 4.88. The molecule has 0 fully saturated rings. The Morgan fingerprint density at radius 2 is 2.00 bits per heavy atom. The number of likely N-dealkylation sites (N-methyl/N-ethyl adjacent to an activating group) is 1. The lowest BCUT2D eigenvalue weighted by molar-refractivity contribution is -0.142. The molecular weight excluding hydrogens is 218 g/mol. The molecule has 5 nitrogen and oxygen atoms in total. The van der Waals surface area contributed by atoms with Gasteiger partial charge in [0.15, 0.2) is 0 Å². The Morgan fingerprint density at radius 1 is 1.41 bits per heavy atom. The van der Waals surface area contributed by atoms with Crippen LogP contribution < -0.4 is 4.90 Å². The number of carboxylic acids is 1. The Balaban J connectivity index is 3.08. The fraction of sp³-hybridized carbons (Fsp3) is 0.583. The zero-order chi connectivity index (χ0) is 13.2. The molecule has 0 radical (unpaired) electrons. The monoisotopic (exact) mass is 237 g/mol. The predicted octanol–water partition coefficient (Wildman–Crippen LogP) is 1.90. The molecule has 94 valence electrons. The molecule has 0 unspecified atom stereocenters. The van der Waals surface area contributed by atoms with E-state index in [1.54, 1.807) is 25.8 Å². The summed E-state index contributed by atoms with van der Waals surface area (Å²) in [6.45, 7) is 7.36. The summed E-state index contributed by atoms with van der Waals surface area (Å²) in [6, 6.07) is 1.83. The molecule has 0 aliphatic heterocycles. The summed E-state index contributed by atoms with van der Waals surface area (Å²) in [5.41, 5.74) is -0.0918. The van der Waals surface area contributed by atoms with Gasteiger partial charge < -0.3 is 10.0 Å². The first-order valence-electron chi connectivity index (χ1n) is 5.56. The second-order valence-electron chi connectivity index (χ2n) is 4.88. The third kappa shape index (κ3) is 2.72. The first-order chi connectivity index (χ1) is 7.76. The Kier molecular flexibility index (Phi) is 3.70. The van der Waals surface area contributed by atoms with Gasteiger partial charge in [-0.15, -0.1) is 0 Å². The fourth-order valence-corrected chi connectivity index (χ4v) is 1.29. The number of rotatable bonds is 4. The zero-order valence-corrected chi connectivity index (χ0v) is 10.9. The molecule has 0 amide bonds. The van der Waals surface area contributed by atoms with Crippen molar-refractivity contribution < 1.29 is 9.90 Å². The molecule has 0 spiro atoms. The average Bonchev–Trinajstić information content (AvgIpc) is 2.27. The largest absolute Gasteiger partial charge is 0.480 e. The van der Waals surface area contributed by atoms with Crippen LogP contribution in [0.4, 0.5) is 5.82 Å². The van der Waals surface area contributed by atoms with Crippen molar-refractivity contribution in [1.29, 1.82) is 0 Å². The van der Waals surface area contributed by atoms with Crippen LogP contribution in [0.5, 0.6) is 0 Å². The molecule has 0 aromatic carbocycles. The zero-order valence-electron chi connectivity index (χ0n) is 10.9. The molecule has 0 aliphatic carbocycles. The third-order valence-electron chi connectivity index (χ3n) is 2.97. The van der Waals surface area contributed by atoms with Crippen molar-refractivity contribution >= 4 is 11.8 Å². The van der Waals surface area contributed by atoms with E-state index in [2.05, 4.69) is 9.97 Å². The number of carbonyl (C=O) groups is 1. The molecule has 0 aliphatic rings. The van der Waals surface area contributed by atoms with E-state index in [4.69, 9.17) is 5.11 Å². The van der Waals surface area contributed by atoms with Crippen LogP contribution in [0.25, 0.3) is 0 Å². The summed E-state index contributed by atoms with van der Waals surface area (Å²) in [6.07, 6.45) is 1.47. The van der Waals surface area contributed by atoms with Gasteiger partial charge in [-0.2, -0.15) is 0 Å². The first kappa shape index (κ1) is 13.4. The van der Waals surface area contributed by atoms with Crippen molar-refractivity contribution in [2.24, 2.45) is 0 Å². The molecule has 0 bridgehead atoms. The lowest BCUT2D eigenvalue weighted by Crippen LogP contribution is -2.48. The number of nitrogens with zero attached hydrogens (tertiary/aromatic N) is 3. The molecule has 1 N–H and O–H groups in total. The molecule has 0 atom stereocenters. The highest BCUT2D eigenvalue weighted by Crippen LogP contribution is 2.22. The Bertz CT molecular complexity index is 416. The van der Waals surface area contributed by atoms with Gasteiger partial charge in [-0.3, -0.25) is 0 Å². The van der Waals surface area contributed by atoms with E-state index in [1.807, 2.05) is 19.9 Å². The summed E-state index contributed by atoms with van der Waals surface area (Å²) in [4.78, 5) is 21.1. The minimum atomic E-state index is -0.997. The van der Waals surface area contributed by atoms with E-state index >= 15 is 0 Å². The highest BCUT2D eigenvalue weighted by atomic mass is 16.4. The van der Waals surface area contributed by atoms with Gasteiger partial charge in [0.05, 0.1) is 0 Å². The van der Waals surface area contributed by atoms with Gasteiger partial charge in [-0.25, -0.2) is 14.8 Å². The van der Waals surface area contributed by atoms with E-state index in [-0.39, 0.29) is 5.92 Å². The van der Waals surface area contributed by atoms with Crippen molar-refractivity contribution in [1.82, 2.24) is 9.97 Å². The van der Waals surface area contributed by atoms with Crippen LogP contribution in [0.15, 0.2) is 12.4 Å². The van der Waals surface area contributed by atoms with Gasteiger partial charge in [-0.1, -0.05) is 13.8 Å². The van der Waals surface area contributed by atoms with Crippen LogP contribution in [0.2, 0.25) is 0 Å². The van der Waals surface area contributed by atoms with Crippen molar-refractivity contribution in [2.75, 3.05) is 11.9 Å². The smallest absolute Gasteiger partial charge is 0.328 e. The maximum absolute atomic E-state index is 11.2. The van der Waals surface area contributed by atoms with Crippen LogP contribution >= 0.6 is 0 Å². The molecule has 0 saturated heterocycles. The average molecular weight is 237 g/mol. The van der Waals surface area contributed by atoms with E-state index in [1.165, 1.54) is 6.33 Å². The summed E-state index contributed by atoms with van der Waals surface area (Å²) < 4.78 is 0. The van der Waals surface area contributed by atoms with E-state index in [9.17, 15) is 4.79 Å². The van der Waals surface area contributed by atoms with Crippen LogP contribution in [0.1, 0.15) is 39.3 Å². The molecule has 5 heteroatoms. The predicted molar refractivity (Wildman–Crippen MR) is 66.2 cm³/mol. The minimum absolute atomic E-state index is 0.290.